The third kappa shape index (κ3) is 3.20. The van der Waals surface area contributed by atoms with E-state index in [0.29, 0.717) is 5.75 Å². The Kier molecular flexibility index (Phi) is 3.98. The summed E-state index contributed by atoms with van der Waals surface area (Å²) in [5.41, 5.74) is 0. The molecule has 0 spiro atoms. The second-order valence-electron chi connectivity index (χ2n) is 4.48. The SMILES string of the molecule is N#CC1CCCCCC1Oc1ccc(F)cc1. The maximum atomic E-state index is 12.8. The van der Waals surface area contributed by atoms with E-state index < -0.39 is 0 Å². The predicted molar refractivity (Wildman–Crippen MR) is 63.0 cm³/mol. The minimum absolute atomic E-state index is 0.0393. The van der Waals surface area contributed by atoms with E-state index >= 15 is 0 Å². The molecule has 0 heterocycles. The number of rotatable bonds is 2. The molecule has 0 amide bonds. The fraction of sp³-hybridized carbons (Fsp3) is 0.500. The summed E-state index contributed by atoms with van der Waals surface area (Å²) in [7, 11) is 0. The van der Waals surface area contributed by atoms with Crippen LogP contribution in [0.4, 0.5) is 4.39 Å². The van der Waals surface area contributed by atoms with E-state index in [0.717, 1.165) is 25.7 Å². The van der Waals surface area contributed by atoms with Crippen molar-refractivity contribution in [1.82, 2.24) is 0 Å². The lowest BCUT2D eigenvalue weighted by atomic mass is 9.99. The Labute approximate surface area is 101 Å². The minimum Gasteiger partial charge on any atom is -0.489 e. The van der Waals surface area contributed by atoms with E-state index in [1.54, 1.807) is 12.1 Å². The van der Waals surface area contributed by atoms with Crippen molar-refractivity contribution in [3.05, 3.63) is 30.1 Å². The first-order chi connectivity index (χ1) is 8.29. The molecular formula is C14H16FNO. The summed E-state index contributed by atoms with van der Waals surface area (Å²) in [4.78, 5) is 0. The van der Waals surface area contributed by atoms with Crippen molar-refractivity contribution < 1.29 is 9.13 Å². The average Bonchev–Trinajstić information content (AvgIpc) is 2.57. The highest BCUT2D eigenvalue weighted by molar-refractivity contribution is 5.22. The summed E-state index contributed by atoms with van der Waals surface area (Å²) < 4.78 is 18.6. The Bertz CT molecular complexity index is 396. The Balaban J connectivity index is 2.05. The molecule has 0 radical (unpaired) electrons. The van der Waals surface area contributed by atoms with Crippen molar-refractivity contribution in [1.29, 1.82) is 5.26 Å². The monoisotopic (exact) mass is 233 g/mol. The van der Waals surface area contributed by atoms with Gasteiger partial charge in [0.15, 0.2) is 0 Å². The third-order valence-electron chi connectivity index (χ3n) is 3.22. The first-order valence-electron chi connectivity index (χ1n) is 6.11. The van der Waals surface area contributed by atoms with E-state index in [1.165, 1.54) is 18.6 Å². The second kappa shape index (κ2) is 5.67. The number of nitrogens with zero attached hydrogens (tertiary/aromatic N) is 1. The Morgan fingerprint density at radius 2 is 1.82 bits per heavy atom. The van der Waals surface area contributed by atoms with Gasteiger partial charge in [0.05, 0.1) is 12.0 Å². The third-order valence-corrected chi connectivity index (χ3v) is 3.22. The molecular weight excluding hydrogens is 217 g/mol. The molecule has 1 aliphatic rings. The van der Waals surface area contributed by atoms with Crippen LogP contribution in [-0.2, 0) is 0 Å². The van der Waals surface area contributed by atoms with Gasteiger partial charge in [-0.3, -0.25) is 0 Å². The quantitative estimate of drug-likeness (QED) is 0.730. The molecule has 1 aromatic rings. The first kappa shape index (κ1) is 11.9. The lowest BCUT2D eigenvalue weighted by molar-refractivity contribution is 0.152. The number of hydrogen-bond acceptors (Lipinski definition) is 2. The number of nitriles is 1. The van der Waals surface area contributed by atoms with E-state index in [2.05, 4.69) is 6.07 Å². The molecule has 1 saturated carbocycles. The van der Waals surface area contributed by atoms with Crippen molar-refractivity contribution >= 4 is 0 Å². The van der Waals surface area contributed by atoms with Crippen LogP contribution in [0.2, 0.25) is 0 Å². The minimum atomic E-state index is -0.268. The molecule has 2 rings (SSSR count). The van der Waals surface area contributed by atoms with Crippen LogP contribution in [0.25, 0.3) is 0 Å². The van der Waals surface area contributed by atoms with Crippen LogP contribution < -0.4 is 4.74 Å². The van der Waals surface area contributed by atoms with Crippen molar-refractivity contribution in [2.75, 3.05) is 0 Å². The summed E-state index contributed by atoms with van der Waals surface area (Å²) in [6.07, 6.45) is 5.14. The zero-order chi connectivity index (χ0) is 12.1. The molecule has 0 N–H and O–H groups in total. The summed E-state index contributed by atoms with van der Waals surface area (Å²) >= 11 is 0. The summed E-state index contributed by atoms with van der Waals surface area (Å²) in [5.74, 6) is 0.344. The van der Waals surface area contributed by atoms with Gasteiger partial charge in [0.1, 0.15) is 17.7 Å². The zero-order valence-electron chi connectivity index (χ0n) is 9.73. The molecule has 1 aromatic carbocycles. The van der Waals surface area contributed by atoms with Gasteiger partial charge in [-0.05, 0) is 43.5 Å². The van der Waals surface area contributed by atoms with Gasteiger partial charge in [0.25, 0.3) is 0 Å². The maximum absolute atomic E-state index is 12.8. The highest BCUT2D eigenvalue weighted by atomic mass is 19.1. The Morgan fingerprint density at radius 1 is 1.12 bits per heavy atom. The predicted octanol–water partition coefficient (Wildman–Crippen LogP) is 3.68. The fourth-order valence-corrected chi connectivity index (χ4v) is 2.25. The van der Waals surface area contributed by atoms with Gasteiger partial charge in [0, 0.05) is 0 Å². The Hall–Kier alpha value is -1.56. The van der Waals surface area contributed by atoms with E-state index in [-0.39, 0.29) is 17.8 Å². The van der Waals surface area contributed by atoms with E-state index in [4.69, 9.17) is 10.00 Å². The van der Waals surface area contributed by atoms with Crippen LogP contribution in [0.1, 0.15) is 32.1 Å². The molecule has 1 aliphatic carbocycles. The first-order valence-corrected chi connectivity index (χ1v) is 6.11. The largest absolute Gasteiger partial charge is 0.489 e. The molecule has 0 aromatic heterocycles. The lowest BCUT2D eigenvalue weighted by Crippen LogP contribution is -2.24. The highest BCUT2D eigenvalue weighted by Crippen LogP contribution is 2.27. The average molecular weight is 233 g/mol. The molecule has 17 heavy (non-hydrogen) atoms. The smallest absolute Gasteiger partial charge is 0.123 e. The molecule has 3 heteroatoms. The van der Waals surface area contributed by atoms with Crippen LogP contribution in [0.3, 0.4) is 0 Å². The number of benzene rings is 1. The summed E-state index contributed by atoms with van der Waals surface area (Å²) in [6.45, 7) is 0. The van der Waals surface area contributed by atoms with Gasteiger partial charge in [-0.25, -0.2) is 4.39 Å². The van der Waals surface area contributed by atoms with Gasteiger partial charge in [-0.1, -0.05) is 12.8 Å². The van der Waals surface area contributed by atoms with Crippen LogP contribution >= 0.6 is 0 Å². The van der Waals surface area contributed by atoms with Gasteiger partial charge in [0.2, 0.25) is 0 Å². The molecule has 2 nitrogen and oxygen atoms in total. The van der Waals surface area contributed by atoms with Crippen molar-refractivity contribution in [3.63, 3.8) is 0 Å². The van der Waals surface area contributed by atoms with Gasteiger partial charge in [-0.2, -0.15) is 5.26 Å². The molecule has 2 unspecified atom stereocenters. The molecule has 90 valence electrons. The second-order valence-corrected chi connectivity index (χ2v) is 4.48. The topological polar surface area (TPSA) is 33.0 Å². The van der Waals surface area contributed by atoms with Crippen molar-refractivity contribution in [2.24, 2.45) is 5.92 Å². The summed E-state index contributed by atoms with van der Waals surface area (Å²) in [5, 5.41) is 9.12. The summed E-state index contributed by atoms with van der Waals surface area (Å²) in [6, 6.07) is 8.33. The molecule has 2 atom stereocenters. The maximum Gasteiger partial charge on any atom is 0.123 e. The molecule has 0 saturated heterocycles. The van der Waals surface area contributed by atoms with Crippen molar-refractivity contribution in [2.45, 2.75) is 38.2 Å². The standard InChI is InChI=1S/C14H16FNO/c15-12-6-8-13(9-7-12)17-14-5-3-1-2-4-11(14)10-16/h6-9,11,14H,1-5H2. The van der Waals surface area contributed by atoms with Gasteiger partial charge >= 0.3 is 0 Å². The van der Waals surface area contributed by atoms with Crippen molar-refractivity contribution in [3.8, 4) is 11.8 Å². The number of hydrogen-bond donors (Lipinski definition) is 0. The Morgan fingerprint density at radius 3 is 2.53 bits per heavy atom. The van der Waals surface area contributed by atoms with E-state index in [9.17, 15) is 4.39 Å². The van der Waals surface area contributed by atoms with Crippen LogP contribution in [0, 0.1) is 23.1 Å². The highest BCUT2D eigenvalue weighted by Gasteiger charge is 2.25. The molecule has 0 aliphatic heterocycles. The fourth-order valence-electron chi connectivity index (χ4n) is 2.25. The molecule has 0 bridgehead atoms. The van der Waals surface area contributed by atoms with E-state index in [1.807, 2.05) is 0 Å². The van der Waals surface area contributed by atoms with Gasteiger partial charge < -0.3 is 4.74 Å². The lowest BCUT2D eigenvalue weighted by Gasteiger charge is -2.21. The normalized spacial score (nSPS) is 24.7. The van der Waals surface area contributed by atoms with Crippen LogP contribution in [-0.4, -0.2) is 6.10 Å². The van der Waals surface area contributed by atoms with Gasteiger partial charge in [-0.15, -0.1) is 0 Å². The number of halogens is 1. The van der Waals surface area contributed by atoms with Crippen LogP contribution in [0.5, 0.6) is 5.75 Å². The zero-order valence-corrected chi connectivity index (χ0v) is 9.73. The van der Waals surface area contributed by atoms with Crippen LogP contribution in [0.15, 0.2) is 24.3 Å². The number of ether oxygens (including phenoxy) is 1. The molecule has 1 fully saturated rings.